The zero-order valence-electron chi connectivity index (χ0n) is 20.4. The monoisotopic (exact) mass is 515 g/mol. The van der Waals surface area contributed by atoms with Crippen LogP contribution in [0.4, 0.5) is 0 Å². The van der Waals surface area contributed by atoms with Crippen molar-refractivity contribution in [1.29, 1.82) is 0 Å². The minimum absolute atomic E-state index is 0.0118. The van der Waals surface area contributed by atoms with Crippen LogP contribution in [0, 0.1) is 0 Å². The largest absolute Gasteiger partial charge is 0.378 e. The smallest absolute Gasteiger partial charge is 0.256 e. The highest BCUT2D eigenvalue weighted by Gasteiger charge is 2.30. The molecule has 1 aromatic heterocycles. The molecule has 0 amide bonds. The Morgan fingerprint density at radius 1 is 0.838 bits per heavy atom. The number of nitrogens with two attached hydrogens (primary N) is 1. The van der Waals surface area contributed by atoms with Crippen molar-refractivity contribution >= 4 is 20.9 Å². The van der Waals surface area contributed by atoms with Crippen molar-refractivity contribution in [2.45, 2.75) is 29.7 Å². The quantitative estimate of drug-likeness (QED) is 0.417. The van der Waals surface area contributed by atoms with E-state index in [0.717, 1.165) is 48.3 Å². The number of hydrogen-bond donors (Lipinski definition) is 2. The van der Waals surface area contributed by atoms with Gasteiger partial charge in [-0.1, -0.05) is 42.5 Å². The van der Waals surface area contributed by atoms with Crippen LogP contribution in [0.15, 0.2) is 82.5 Å². The van der Waals surface area contributed by atoms with Crippen LogP contribution in [0.2, 0.25) is 0 Å². The summed E-state index contributed by atoms with van der Waals surface area (Å²) >= 11 is 0. The zero-order chi connectivity index (χ0) is 25.6. The number of pyridine rings is 1. The van der Waals surface area contributed by atoms with Gasteiger partial charge in [-0.15, -0.1) is 0 Å². The van der Waals surface area contributed by atoms with E-state index in [1.165, 1.54) is 30.5 Å². The normalized spacial score (nSPS) is 17.6. The average Bonchev–Trinajstić information content (AvgIpc) is 2.87. The van der Waals surface area contributed by atoms with Crippen LogP contribution in [0.5, 0.6) is 0 Å². The van der Waals surface area contributed by atoms with Gasteiger partial charge in [0.1, 0.15) is 0 Å². The molecule has 2 saturated heterocycles. The first-order valence-electron chi connectivity index (χ1n) is 12.6. The van der Waals surface area contributed by atoms with E-state index < -0.39 is 10.0 Å². The summed E-state index contributed by atoms with van der Waals surface area (Å²) in [5.74, 6) is 0.594. The topological polar surface area (TPSA) is 105 Å². The van der Waals surface area contributed by atoms with Crippen molar-refractivity contribution in [1.82, 2.24) is 9.88 Å². The first-order chi connectivity index (χ1) is 17.8. The van der Waals surface area contributed by atoms with Crippen molar-refractivity contribution in [2.75, 3.05) is 26.3 Å². The summed E-state index contributed by atoms with van der Waals surface area (Å²) < 4.78 is 28.5. The summed E-state index contributed by atoms with van der Waals surface area (Å²) in [7, 11) is -3.79. The van der Waals surface area contributed by atoms with Crippen molar-refractivity contribution in [3.05, 3.63) is 88.7 Å². The highest BCUT2D eigenvalue weighted by molar-refractivity contribution is 7.89. The molecular formula is C29H29N3O4S. The van der Waals surface area contributed by atoms with Crippen molar-refractivity contribution in [3.63, 3.8) is 0 Å². The van der Waals surface area contributed by atoms with Crippen LogP contribution < -0.4 is 10.7 Å². The molecule has 0 bridgehead atoms. The third-order valence-corrected chi connectivity index (χ3v) is 8.65. The van der Waals surface area contributed by atoms with Crippen molar-refractivity contribution in [3.8, 4) is 22.3 Å². The number of primary sulfonamides is 1. The predicted molar refractivity (Wildman–Crippen MR) is 145 cm³/mol. The second-order valence-corrected chi connectivity index (χ2v) is 11.6. The van der Waals surface area contributed by atoms with Gasteiger partial charge in [-0.05, 0) is 89.8 Å². The highest BCUT2D eigenvalue weighted by Crippen LogP contribution is 2.32. The fraction of sp³-hybridized carbons (Fsp3) is 0.276. The molecule has 3 aromatic carbocycles. The summed E-state index contributed by atoms with van der Waals surface area (Å²) in [6, 6.07) is 23.4. The minimum atomic E-state index is -3.79. The second-order valence-electron chi connectivity index (χ2n) is 10.0. The Hall–Kier alpha value is -3.30. The number of fused-ring (bicyclic) bond motifs is 1. The second kappa shape index (κ2) is 9.54. The number of H-pyrrole nitrogens is 1. The Bertz CT molecular complexity index is 1600. The number of sulfonamides is 1. The number of aromatic nitrogens is 1. The fourth-order valence-electron chi connectivity index (χ4n) is 5.40. The van der Waals surface area contributed by atoms with Crippen molar-refractivity contribution < 1.29 is 13.2 Å². The Kier molecular flexibility index (Phi) is 6.20. The number of benzene rings is 3. The number of likely N-dealkylation sites (tertiary alicyclic amines) is 1. The predicted octanol–water partition coefficient (Wildman–Crippen LogP) is 4.09. The molecule has 0 atom stereocenters. The summed E-state index contributed by atoms with van der Waals surface area (Å²) in [5, 5.41) is 6.10. The van der Waals surface area contributed by atoms with E-state index in [2.05, 4.69) is 40.2 Å². The SMILES string of the molecule is NS(=O)(=O)c1ccc(-c2cc3cc(-c4ccc(C5CCN(C6COC6)CC5)cc4)ccc3[nH]c2=O)cc1. The van der Waals surface area contributed by atoms with Gasteiger partial charge in [0.2, 0.25) is 10.0 Å². The van der Waals surface area contributed by atoms with Crippen LogP contribution in [-0.2, 0) is 14.8 Å². The number of nitrogens with one attached hydrogen (secondary N) is 1. The van der Waals surface area contributed by atoms with Gasteiger partial charge < -0.3 is 9.72 Å². The van der Waals surface area contributed by atoms with Crippen LogP contribution in [-0.4, -0.2) is 50.6 Å². The molecule has 7 nitrogen and oxygen atoms in total. The standard InChI is InChI=1S/C29H29N3O4S/c30-37(34,35)26-8-5-22(6-9-26)27-16-24-15-23(7-10-28(24)31-29(27)33)20-3-1-19(2-4-20)21-11-13-32(14-12-21)25-17-36-18-25/h1-10,15-16,21,25H,11-14,17-18H2,(H,31,33)(H2,30,34,35). The van der Waals surface area contributed by atoms with E-state index in [1.54, 1.807) is 12.1 Å². The zero-order valence-corrected chi connectivity index (χ0v) is 21.2. The number of aromatic amines is 1. The molecule has 37 heavy (non-hydrogen) atoms. The fourth-order valence-corrected chi connectivity index (χ4v) is 5.92. The molecule has 3 N–H and O–H groups in total. The van der Waals surface area contributed by atoms with Crippen molar-refractivity contribution in [2.24, 2.45) is 5.14 Å². The molecule has 2 fully saturated rings. The number of ether oxygens (including phenoxy) is 1. The van der Waals surface area contributed by atoms with Gasteiger partial charge in [0, 0.05) is 11.1 Å². The van der Waals surface area contributed by atoms with Gasteiger partial charge in [0.05, 0.1) is 24.2 Å². The third kappa shape index (κ3) is 4.85. The lowest BCUT2D eigenvalue weighted by molar-refractivity contribution is -0.0712. The van der Waals surface area contributed by atoms with Crippen LogP contribution in [0.1, 0.15) is 24.3 Å². The molecule has 4 aromatic rings. The lowest BCUT2D eigenvalue weighted by Crippen LogP contribution is -2.51. The molecule has 0 spiro atoms. The molecule has 190 valence electrons. The van der Waals surface area contributed by atoms with Crippen LogP contribution in [0.25, 0.3) is 33.2 Å². The molecule has 0 aliphatic carbocycles. The summed E-state index contributed by atoms with van der Waals surface area (Å²) in [4.78, 5) is 18.2. The number of hydrogen-bond acceptors (Lipinski definition) is 5. The van der Waals surface area contributed by atoms with Gasteiger partial charge in [-0.25, -0.2) is 13.6 Å². The van der Waals surface area contributed by atoms with Gasteiger partial charge in [0.15, 0.2) is 0 Å². The number of nitrogens with zero attached hydrogens (tertiary/aromatic N) is 1. The van der Waals surface area contributed by atoms with E-state index in [4.69, 9.17) is 9.88 Å². The summed E-state index contributed by atoms with van der Waals surface area (Å²) in [6.07, 6.45) is 2.36. The first kappa shape index (κ1) is 24.1. The Labute approximate surface area is 215 Å². The molecular weight excluding hydrogens is 486 g/mol. The molecule has 0 saturated carbocycles. The van der Waals surface area contributed by atoms with E-state index in [1.807, 2.05) is 18.2 Å². The molecule has 2 aliphatic heterocycles. The molecule has 6 rings (SSSR count). The van der Waals surface area contributed by atoms with E-state index in [9.17, 15) is 13.2 Å². The maximum Gasteiger partial charge on any atom is 0.256 e. The molecule has 0 radical (unpaired) electrons. The Balaban J connectivity index is 1.23. The summed E-state index contributed by atoms with van der Waals surface area (Å²) in [5.41, 5.74) is 5.20. The maximum absolute atomic E-state index is 12.7. The van der Waals surface area contributed by atoms with Crippen LogP contribution >= 0.6 is 0 Å². The molecule has 2 aliphatic rings. The minimum Gasteiger partial charge on any atom is -0.378 e. The first-order valence-corrected chi connectivity index (χ1v) is 14.1. The average molecular weight is 516 g/mol. The van der Waals surface area contributed by atoms with Gasteiger partial charge in [-0.2, -0.15) is 0 Å². The van der Waals surface area contributed by atoms with Crippen LogP contribution in [0.3, 0.4) is 0 Å². The maximum atomic E-state index is 12.7. The van der Waals surface area contributed by atoms with Gasteiger partial charge in [0.25, 0.3) is 5.56 Å². The molecule has 3 heterocycles. The van der Waals surface area contributed by atoms with Gasteiger partial charge in [-0.3, -0.25) is 9.69 Å². The number of rotatable bonds is 5. The molecule has 0 unspecified atom stereocenters. The Morgan fingerprint density at radius 3 is 2.11 bits per heavy atom. The third-order valence-electron chi connectivity index (χ3n) is 7.72. The lowest BCUT2D eigenvalue weighted by Gasteiger charge is -2.41. The highest BCUT2D eigenvalue weighted by atomic mass is 32.2. The Morgan fingerprint density at radius 2 is 1.49 bits per heavy atom. The molecule has 8 heteroatoms. The van der Waals surface area contributed by atoms with E-state index >= 15 is 0 Å². The van der Waals surface area contributed by atoms with Gasteiger partial charge >= 0.3 is 0 Å². The lowest BCUT2D eigenvalue weighted by atomic mass is 9.88. The summed E-state index contributed by atoms with van der Waals surface area (Å²) in [6.45, 7) is 4.03. The van der Waals surface area contributed by atoms with E-state index in [-0.39, 0.29) is 10.5 Å². The van der Waals surface area contributed by atoms with E-state index in [0.29, 0.717) is 23.1 Å². The number of piperidine rings is 1.